The van der Waals surface area contributed by atoms with Crippen LogP contribution in [0.4, 0.5) is 45.5 Å². The number of nitro groups is 1. The lowest BCUT2D eigenvalue weighted by Crippen LogP contribution is -2.07. The minimum absolute atomic E-state index is 0.0302. The highest BCUT2D eigenvalue weighted by Gasteiger charge is 2.29. The fourth-order valence-corrected chi connectivity index (χ4v) is 7.34. The molecule has 318 valence electrons. The molecule has 0 unspecified atom stereocenters. The summed E-state index contributed by atoms with van der Waals surface area (Å²) in [5.41, 5.74) is -4.48. The van der Waals surface area contributed by atoms with Crippen LogP contribution in [0, 0.1) is 17.0 Å². The van der Waals surface area contributed by atoms with Crippen molar-refractivity contribution in [2.75, 3.05) is 12.4 Å². The first kappa shape index (κ1) is 44.7. The number of benzene rings is 5. The van der Waals surface area contributed by atoms with Crippen molar-refractivity contribution in [1.29, 1.82) is 0 Å². The lowest BCUT2D eigenvalue weighted by Gasteiger charge is -2.13. The molecule has 5 aromatic carbocycles. The van der Waals surface area contributed by atoms with Crippen molar-refractivity contribution in [2.24, 2.45) is 30.7 Å². The second-order valence-corrected chi connectivity index (χ2v) is 16.4. The molecule has 0 fully saturated rings. The molecule has 1 amide bonds. The Morgan fingerprint density at radius 1 is 0.705 bits per heavy atom. The Morgan fingerprint density at radius 3 is 1.75 bits per heavy atom. The molecule has 61 heavy (non-hydrogen) atoms. The number of amides is 1. The second kappa shape index (κ2) is 16.7. The third-order valence-corrected chi connectivity index (χ3v) is 10.7. The van der Waals surface area contributed by atoms with Crippen LogP contribution in [0.1, 0.15) is 22.8 Å². The number of rotatable bonds is 13. The minimum atomic E-state index is -5.37. The van der Waals surface area contributed by atoms with Crippen LogP contribution >= 0.6 is 0 Å². The molecule has 0 aliphatic rings. The number of nitro benzene ring substituents is 1. The van der Waals surface area contributed by atoms with Gasteiger partial charge in [-0.1, -0.05) is 0 Å². The summed E-state index contributed by atoms with van der Waals surface area (Å²) in [6.07, 6.45) is 0. The highest BCUT2D eigenvalue weighted by atomic mass is 32.2. The fraction of sp³-hybridized carbons (Fsp3) is 0.0909. The van der Waals surface area contributed by atoms with E-state index in [2.05, 4.69) is 36.0 Å². The van der Waals surface area contributed by atoms with Gasteiger partial charge in [0.2, 0.25) is 5.91 Å². The molecule has 0 saturated heterocycles. The van der Waals surface area contributed by atoms with E-state index in [4.69, 9.17) is 4.74 Å². The summed E-state index contributed by atoms with van der Waals surface area (Å²) in [4.78, 5) is 30.1. The first-order chi connectivity index (χ1) is 28.3. The number of anilines is 1. The first-order valence-corrected chi connectivity index (χ1v) is 20.5. The van der Waals surface area contributed by atoms with E-state index in [0.29, 0.717) is 18.2 Å². The van der Waals surface area contributed by atoms with Gasteiger partial charge in [0.15, 0.2) is 11.5 Å². The topological polar surface area (TPSA) is 396 Å². The van der Waals surface area contributed by atoms with Gasteiger partial charge in [-0.3, -0.25) is 28.6 Å². The number of aromatic carboxylic acids is 1. The third-order valence-electron chi connectivity index (χ3n) is 8.06. The van der Waals surface area contributed by atoms with Gasteiger partial charge in [-0.2, -0.15) is 35.5 Å². The van der Waals surface area contributed by atoms with Crippen molar-refractivity contribution in [3.63, 3.8) is 0 Å². The number of ether oxygens (including phenoxy) is 1. The van der Waals surface area contributed by atoms with Crippen molar-refractivity contribution in [3.05, 3.63) is 81.9 Å². The number of nitrogens with zero attached hydrogens (tertiary/aromatic N) is 7. The number of aryl methyl sites for hydroxylation is 1. The van der Waals surface area contributed by atoms with E-state index >= 15 is 0 Å². The Bertz CT molecular complexity index is 3150. The predicted octanol–water partition coefficient (Wildman–Crippen LogP) is 7.12. The summed E-state index contributed by atoms with van der Waals surface area (Å²) in [7, 11) is -14.4. The molecule has 0 heterocycles. The largest absolute Gasteiger partial charge is 0.505 e. The van der Waals surface area contributed by atoms with Crippen molar-refractivity contribution >= 4 is 98.5 Å². The number of carbonyl (C=O) groups is 2. The van der Waals surface area contributed by atoms with Crippen LogP contribution in [0.2, 0.25) is 0 Å². The van der Waals surface area contributed by atoms with Crippen LogP contribution in [-0.2, 0) is 35.1 Å². The number of phenolic OH excluding ortho intramolecular Hbond substituents is 2. The maximum absolute atomic E-state index is 12.5. The van der Waals surface area contributed by atoms with Gasteiger partial charge in [0.05, 0.1) is 28.8 Å². The molecule has 7 N–H and O–H groups in total. The molecule has 0 aromatic heterocycles. The molecular formula is C33H26N8O17S3. The maximum atomic E-state index is 12.5. The number of carboxylic acids is 1. The van der Waals surface area contributed by atoms with Crippen LogP contribution in [0.15, 0.2) is 106 Å². The third kappa shape index (κ3) is 9.75. The molecule has 0 spiro atoms. The van der Waals surface area contributed by atoms with Gasteiger partial charge in [0, 0.05) is 24.7 Å². The van der Waals surface area contributed by atoms with E-state index in [9.17, 15) is 73.9 Å². The number of fused-ring (bicyclic) bond motifs is 1. The first-order valence-electron chi connectivity index (χ1n) is 16.2. The highest BCUT2D eigenvalue weighted by molar-refractivity contribution is 7.86. The van der Waals surface area contributed by atoms with Crippen LogP contribution in [0.3, 0.4) is 0 Å². The Labute approximate surface area is 341 Å². The number of carboxylic acid groups (broad SMARTS) is 1. The Morgan fingerprint density at radius 2 is 1.25 bits per heavy atom. The second-order valence-electron chi connectivity index (χ2n) is 12.2. The molecule has 0 aliphatic heterocycles. The smallest absolute Gasteiger partial charge is 0.342 e. The Balaban J connectivity index is 1.64. The van der Waals surface area contributed by atoms with Gasteiger partial charge in [-0.05, 0) is 66.4 Å². The van der Waals surface area contributed by atoms with E-state index in [1.807, 2.05) is 0 Å². The number of hydrogen-bond acceptors (Lipinski definition) is 19. The van der Waals surface area contributed by atoms with E-state index in [1.54, 1.807) is 0 Å². The predicted molar refractivity (Wildman–Crippen MR) is 208 cm³/mol. The number of hydrogen-bond donors (Lipinski definition) is 7. The van der Waals surface area contributed by atoms with E-state index < -0.39 is 112 Å². The lowest BCUT2D eigenvalue weighted by atomic mass is 10.1. The number of nitrogens with one attached hydrogen (secondary N) is 1. The van der Waals surface area contributed by atoms with E-state index in [1.165, 1.54) is 39.2 Å². The standard InChI is InChI=1S/C33H26N8O17S3/c1-14-8-22(24(58-3)13-21(14)37-36-20-6-4-17(34-15(2)42)12-25(20)59(49,50)51)38-40-30-27(61(55,56)57)10-16-9-26(60(52,53)54)29(31(43)28(16)32(30)44)39-35-18-5-7-23(41(47)48)19(11-18)33(45)46/h4-13,43-44H,1-3H3,(H,34,42)(H,45,46)(H,49,50,51)(H,52,53,54)(H,55,56,57). The Hall–Kier alpha value is -7.37. The normalized spacial score (nSPS) is 12.4. The average molecular weight is 903 g/mol. The summed E-state index contributed by atoms with van der Waals surface area (Å²) in [6, 6.07) is 9.30. The molecule has 5 rings (SSSR count). The Kier molecular flexibility index (Phi) is 12.3. The minimum Gasteiger partial charge on any atom is -0.505 e. The number of azo groups is 3. The van der Waals surface area contributed by atoms with Crippen LogP contribution < -0.4 is 10.1 Å². The SMILES string of the molecule is COc1cc(N=Nc2ccc(NC(C)=O)cc2S(=O)(=O)O)c(C)cc1N=Nc1c(S(=O)(=O)O)cc2cc(S(=O)(=O)O)c(N=Nc3ccc([N+](=O)[O-])c(C(=O)O)c3)c(O)c2c1O. The quantitative estimate of drug-likeness (QED) is 0.0267. The summed E-state index contributed by atoms with van der Waals surface area (Å²) < 4.78 is 109. The molecule has 25 nitrogen and oxygen atoms in total. The van der Waals surface area contributed by atoms with Gasteiger partial charge in [0.25, 0.3) is 36.0 Å². The molecule has 28 heteroatoms. The zero-order chi connectivity index (χ0) is 45.4. The number of methoxy groups -OCH3 is 1. The van der Waals surface area contributed by atoms with E-state index in [-0.39, 0.29) is 34.1 Å². The summed E-state index contributed by atoms with van der Waals surface area (Å²) >= 11 is 0. The zero-order valence-electron chi connectivity index (χ0n) is 30.8. The molecule has 5 aromatic rings. The van der Waals surface area contributed by atoms with Crippen LogP contribution in [-0.4, -0.2) is 78.1 Å². The number of aromatic hydroxyl groups is 2. The molecule has 0 aliphatic carbocycles. The monoisotopic (exact) mass is 902 g/mol. The molecule has 0 radical (unpaired) electrons. The summed E-state index contributed by atoms with van der Waals surface area (Å²) in [5, 5.41) is 66.8. The lowest BCUT2D eigenvalue weighted by molar-refractivity contribution is -0.385. The van der Waals surface area contributed by atoms with Gasteiger partial charge in [-0.15, -0.1) is 20.5 Å². The number of carbonyl (C=O) groups excluding carboxylic acids is 1. The van der Waals surface area contributed by atoms with Gasteiger partial charge < -0.3 is 25.4 Å². The van der Waals surface area contributed by atoms with Crippen molar-refractivity contribution in [1.82, 2.24) is 0 Å². The summed E-state index contributed by atoms with van der Waals surface area (Å²) in [5.74, 6) is -4.95. The fourth-order valence-electron chi connectivity index (χ4n) is 5.38. The van der Waals surface area contributed by atoms with Crippen molar-refractivity contribution < 1.29 is 73.5 Å². The molecular weight excluding hydrogens is 877 g/mol. The van der Waals surface area contributed by atoms with Crippen LogP contribution in [0.25, 0.3) is 10.8 Å². The van der Waals surface area contributed by atoms with Crippen molar-refractivity contribution in [3.8, 4) is 17.2 Å². The average Bonchev–Trinajstić information content (AvgIpc) is 3.15. The highest BCUT2D eigenvalue weighted by Crippen LogP contribution is 2.50. The maximum Gasteiger partial charge on any atom is 0.342 e. The van der Waals surface area contributed by atoms with Gasteiger partial charge in [0.1, 0.15) is 48.7 Å². The summed E-state index contributed by atoms with van der Waals surface area (Å²) in [6.45, 7) is 2.64. The van der Waals surface area contributed by atoms with Crippen LogP contribution in [0.5, 0.6) is 17.2 Å². The van der Waals surface area contributed by atoms with E-state index in [0.717, 1.165) is 24.3 Å². The van der Waals surface area contributed by atoms with Gasteiger partial charge in [-0.25, -0.2) is 4.79 Å². The zero-order valence-corrected chi connectivity index (χ0v) is 33.3. The molecule has 0 bridgehead atoms. The molecule has 0 atom stereocenters. The number of phenols is 2. The van der Waals surface area contributed by atoms with Crippen molar-refractivity contribution in [2.45, 2.75) is 28.5 Å². The van der Waals surface area contributed by atoms with Gasteiger partial charge >= 0.3 is 5.97 Å². The molecule has 0 saturated carbocycles.